The lowest BCUT2D eigenvalue weighted by molar-refractivity contribution is 0.0940. The molecular weight excluding hydrogens is 472 g/mol. The van der Waals surface area contributed by atoms with Crippen LogP contribution < -0.4 is 20.7 Å². The van der Waals surface area contributed by atoms with Crippen LogP contribution in [0.1, 0.15) is 40.4 Å². The molecule has 1 aromatic carbocycles. The van der Waals surface area contributed by atoms with Crippen molar-refractivity contribution in [2.45, 2.75) is 32.5 Å². The Bertz CT molecular complexity index is 1400. The highest BCUT2D eigenvalue weighted by molar-refractivity contribution is 5.96. The number of carbonyl (C=O) groups is 1. The number of rotatable bonds is 9. The first-order valence-corrected chi connectivity index (χ1v) is 12.2. The SMILES string of the molecule is COCc1nc(C(=O)NCc2cc(OC)c3c(N)nccc3c2)nn1Cc1ccc(N2CCCC2)nc1. The second-order valence-corrected chi connectivity index (χ2v) is 8.94. The first-order chi connectivity index (χ1) is 18.1. The van der Waals surface area contributed by atoms with Crippen LogP contribution in [0.5, 0.6) is 5.75 Å². The third-order valence-corrected chi connectivity index (χ3v) is 6.39. The van der Waals surface area contributed by atoms with E-state index in [1.807, 2.05) is 36.5 Å². The molecule has 1 aliphatic heterocycles. The topological polar surface area (TPSA) is 133 Å². The zero-order chi connectivity index (χ0) is 25.8. The van der Waals surface area contributed by atoms with Gasteiger partial charge in [-0.25, -0.2) is 19.6 Å². The lowest BCUT2D eigenvalue weighted by atomic mass is 10.1. The van der Waals surface area contributed by atoms with Crippen molar-refractivity contribution in [3.05, 3.63) is 65.5 Å². The summed E-state index contributed by atoms with van der Waals surface area (Å²) in [5, 5.41) is 8.97. The molecular formula is C26H30N8O3. The molecule has 4 heterocycles. The van der Waals surface area contributed by atoms with E-state index in [2.05, 4.69) is 30.3 Å². The van der Waals surface area contributed by atoms with Gasteiger partial charge in [0.15, 0.2) is 5.82 Å². The zero-order valence-electron chi connectivity index (χ0n) is 21.0. The maximum absolute atomic E-state index is 12.9. The largest absolute Gasteiger partial charge is 0.496 e. The number of hydrogen-bond donors (Lipinski definition) is 2. The molecule has 1 amide bonds. The van der Waals surface area contributed by atoms with Crippen molar-refractivity contribution in [2.24, 2.45) is 0 Å². The van der Waals surface area contributed by atoms with E-state index in [4.69, 9.17) is 15.2 Å². The number of methoxy groups -OCH3 is 2. The molecule has 0 radical (unpaired) electrons. The molecule has 0 unspecified atom stereocenters. The van der Waals surface area contributed by atoms with Crippen molar-refractivity contribution in [3.63, 3.8) is 0 Å². The van der Waals surface area contributed by atoms with Crippen LogP contribution in [0.25, 0.3) is 10.8 Å². The summed E-state index contributed by atoms with van der Waals surface area (Å²) in [6.45, 7) is 3.02. The van der Waals surface area contributed by atoms with Crippen LogP contribution in [-0.2, 0) is 24.4 Å². The fourth-order valence-electron chi connectivity index (χ4n) is 4.54. The molecule has 4 aromatic rings. The first-order valence-electron chi connectivity index (χ1n) is 12.2. The van der Waals surface area contributed by atoms with Crippen molar-refractivity contribution >= 4 is 28.3 Å². The standard InChI is InChI=1S/C26H30N8O3/c1-36-16-22-31-25(32-34(22)15-17-5-6-21(29-13-17)33-9-3-4-10-33)26(35)30-14-18-11-19-7-8-28-24(27)23(19)20(12-18)37-2/h5-8,11-13H,3-4,9-10,14-16H2,1-2H3,(H2,27,28)(H,30,35). The van der Waals surface area contributed by atoms with E-state index < -0.39 is 0 Å². The van der Waals surface area contributed by atoms with Crippen LogP contribution in [-0.4, -0.2) is 57.9 Å². The molecule has 5 rings (SSSR count). The van der Waals surface area contributed by atoms with Gasteiger partial charge < -0.3 is 25.4 Å². The highest BCUT2D eigenvalue weighted by atomic mass is 16.5. The number of nitrogens with one attached hydrogen (secondary N) is 1. The van der Waals surface area contributed by atoms with Crippen molar-refractivity contribution in [3.8, 4) is 5.75 Å². The predicted molar refractivity (Wildman–Crippen MR) is 139 cm³/mol. The molecule has 1 aliphatic rings. The van der Waals surface area contributed by atoms with Crippen molar-refractivity contribution in [1.82, 2.24) is 30.0 Å². The first kappa shape index (κ1) is 24.4. The predicted octanol–water partition coefficient (Wildman–Crippen LogP) is 2.54. The van der Waals surface area contributed by atoms with Gasteiger partial charge >= 0.3 is 0 Å². The molecule has 37 heavy (non-hydrogen) atoms. The molecule has 3 N–H and O–H groups in total. The molecule has 11 nitrogen and oxygen atoms in total. The molecule has 0 spiro atoms. The summed E-state index contributed by atoms with van der Waals surface area (Å²) in [6.07, 6.45) is 5.89. The lowest BCUT2D eigenvalue weighted by Gasteiger charge is -2.16. The highest BCUT2D eigenvalue weighted by Gasteiger charge is 2.18. The third-order valence-electron chi connectivity index (χ3n) is 6.39. The monoisotopic (exact) mass is 502 g/mol. The van der Waals surface area contributed by atoms with Crippen LogP contribution in [0.2, 0.25) is 0 Å². The number of aromatic nitrogens is 5. The van der Waals surface area contributed by atoms with E-state index in [1.54, 1.807) is 25.1 Å². The second-order valence-electron chi connectivity index (χ2n) is 8.94. The van der Waals surface area contributed by atoms with Crippen LogP contribution in [0.4, 0.5) is 11.6 Å². The van der Waals surface area contributed by atoms with Gasteiger partial charge in [0, 0.05) is 39.1 Å². The summed E-state index contributed by atoms with van der Waals surface area (Å²) < 4.78 is 12.5. The fourth-order valence-corrected chi connectivity index (χ4v) is 4.54. The van der Waals surface area contributed by atoms with Crippen LogP contribution in [0.15, 0.2) is 42.7 Å². The molecule has 0 atom stereocenters. The number of pyridine rings is 2. The Labute approximate surface area is 214 Å². The Morgan fingerprint density at radius 2 is 1.95 bits per heavy atom. The van der Waals surface area contributed by atoms with Gasteiger partial charge in [-0.05, 0) is 53.6 Å². The van der Waals surface area contributed by atoms with Crippen molar-refractivity contribution in [2.75, 3.05) is 37.9 Å². The van der Waals surface area contributed by atoms with Gasteiger partial charge in [0.1, 0.15) is 24.0 Å². The molecule has 0 aliphatic carbocycles. The number of nitrogens with two attached hydrogens (primary N) is 1. The van der Waals surface area contributed by atoms with Gasteiger partial charge in [-0.1, -0.05) is 6.07 Å². The minimum Gasteiger partial charge on any atom is -0.496 e. The third kappa shape index (κ3) is 5.31. The maximum Gasteiger partial charge on any atom is 0.291 e. The van der Waals surface area contributed by atoms with Crippen molar-refractivity contribution in [1.29, 1.82) is 0 Å². The van der Waals surface area contributed by atoms with Crippen LogP contribution >= 0.6 is 0 Å². The normalized spacial score (nSPS) is 13.3. The quantitative estimate of drug-likeness (QED) is 0.354. The van der Waals surface area contributed by atoms with E-state index >= 15 is 0 Å². The Kier molecular flexibility index (Phi) is 7.13. The average Bonchev–Trinajstić information content (AvgIpc) is 3.59. The second kappa shape index (κ2) is 10.8. The minimum absolute atomic E-state index is 0.0786. The minimum atomic E-state index is -0.382. The summed E-state index contributed by atoms with van der Waals surface area (Å²) in [5.41, 5.74) is 7.83. The number of anilines is 2. The molecule has 1 saturated heterocycles. The lowest BCUT2D eigenvalue weighted by Crippen LogP contribution is -2.24. The number of fused-ring (bicyclic) bond motifs is 1. The summed E-state index contributed by atoms with van der Waals surface area (Å²) >= 11 is 0. The molecule has 0 saturated carbocycles. The smallest absolute Gasteiger partial charge is 0.291 e. The molecule has 3 aromatic heterocycles. The Hall–Kier alpha value is -4.25. The summed E-state index contributed by atoms with van der Waals surface area (Å²) in [7, 11) is 3.16. The Morgan fingerprint density at radius 1 is 1.11 bits per heavy atom. The van der Waals surface area contributed by atoms with Gasteiger partial charge in [0.25, 0.3) is 5.91 Å². The number of benzene rings is 1. The van der Waals surface area contributed by atoms with Crippen LogP contribution in [0.3, 0.4) is 0 Å². The molecule has 192 valence electrons. The van der Waals surface area contributed by atoms with E-state index in [1.165, 1.54) is 12.8 Å². The number of amides is 1. The van der Waals surface area contributed by atoms with Gasteiger partial charge in [-0.15, -0.1) is 5.10 Å². The summed E-state index contributed by atoms with van der Waals surface area (Å²) in [5.74, 6) is 2.24. The molecule has 11 heteroatoms. The van der Waals surface area contributed by atoms with Gasteiger partial charge in [-0.3, -0.25) is 4.79 Å². The summed E-state index contributed by atoms with van der Waals surface area (Å²) in [6, 6.07) is 9.70. The van der Waals surface area contributed by atoms with E-state index in [9.17, 15) is 4.79 Å². The maximum atomic E-state index is 12.9. The number of nitrogen functional groups attached to an aromatic ring is 1. The van der Waals surface area contributed by atoms with E-state index in [0.29, 0.717) is 23.9 Å². The number of hydrogen-bond acceptors (Lipinski definition) is 9. The average molecular weight is 503 g/mol. The number of carbonyl (C=O) groups excluding carboxylic acids is 1. The highest BCUT2D eigenvalue weighted by Crippen LogP contribution is 2.30. The summed E-state index contributed by atoms with van der Waals surface area (Å²) in [4.78, 5) is 28.4. The Morgan fingerprint density at radius 3 is 2.68 bits per heavy atom. The molecule has 1 fully saturated rings. The van der Waals surface area contributed by atoms with E-state index in [0.717, 1.165) is 40.8 Å². The van der Waals surface area contributed by atoms with Gasteiger partial charge in [0.05, 0.1) is 19.0 Å². The fraction of sp³-hybridized carbons (Fsp3) is 0.346. The van der Waals surface area contributed by atoms with Crippen LogP contribution in [0, 0.1) is 0 Å². The van der Waals surface area contributed by atoms with Gasteiger partial charge in [0.2, 0.25) is 5.82 Å². The van der Waals surface area contributed by atoms with Crippen molar-refractivity contribution < 1.29 is 14.3 Å². The number of ether oxygens (including phenoxy) is 2. The molecule has 0 bridgehead atoms. The number of nitrogens with zero attached hydrogens (tertiary/aromatic N) is 6. The zero-order valence-corrected chi connectivity index (χ0v) is 21.0. The Balaban J connectivity index is 1.29. The van der Waals surface area contributed by atoms with E-state index in [-0.39, 0.29) is 24.9 Å². The van der Waals surface area contributed by atoms with Gasteiger partial charge in [-0.2, -0.15) is 0 Å².